The molecular weight excluding hydrogens is 258 g/mol. The molecule has 0 spiro atoms. The van der Waals surface area contributed by atoms with Gasteiger partial charge >= 0.3 is 0 Å². The molecule has 8 nitrogen and oxygen atoms in total. The Labute approximate surface area is 108 Å². The van der Waals surface area contributed by atoms with E-state index < -0.39 is 36.1 Å². The van der Waals surface area contributed by atoms with Gasteiger partial charge in [-0.15, -0.1) is 0 Å². The van der Waals surface area contributed by atoms with Crippen LogP contribution < -0.4 is 4.74 Å². The first-order chi connectivity index (χ1) is 9.02. The Morgan fingerprint density at radius 1 is 1.32 bits per heavy atom. The van der Waals surface area contributed by atoms with Crippen LogP contribution >= 0.6 is 0 Å². The monoisotopic (exact) mass is 271 g/mol. The zero-order valence-corrected chi connectivity index (χ0v) is 9.75. The lowest BCUT2D eigenvalue weighted by Crippen LogP contribution is -2.38. The van der Waals surface area contributed by atoms with E-state index in [1.54, 1.807) is 0 Å². The van der Waals surface area contributed by atoms with Crippen molar-refractivity contribution in [2.24, 2.45) is 0 Å². The molecule has 1 aliphatic rings. The lowest BCUT2D eigenvalue weighted by atomic mass is 10.1. The smallest absolute Gasteiger partial charge is 0.269 e. The van der Waals surface area contributed by atoms with Crippen molar-refractivity contribution in [1.29, 1.82) is 0 Å². The minimum atomic E-state index is -1.37. The van der Waals surface area contributed by atoms with Crippen molar-refractivity contribution in [2.75, 3.05) is 6.61 Å². The number of non-ortho nitro benzene ring substituents is 1. The highest BCUT2D eigenvalue weighted by Gasteiger charge is 2.44. The van der Waals surface area contributed by atoms with Crippen molar-refractivity contribution in [3.8, 4) is 5.75 Å². The molecule has 0 saturated carbocycles. The first kappa shape index (κ1) is 13.7. The fourth-order valence-corrected chi connectivity index (χ4v) is 1.80. The highest BCUT2D eigenvalue weighted by molar-refractivity contribution is 5.36. The summed E-state index contributed by atoms with van der Waals surface area (Å²) in [4.78, 5) is 9.93. The highest BCUT2D eigenvalue weighted by Crippen LogP contribution is 2.26. The van der Waals surface area contributed by atoms with Gasteiger partial charge in [0.25, 0.3) is 5.69 Å². The third-order valence-electron chi connectivity index (χ3n) is 2.81. The summed E-state index contributed by atoms with van der Waals surface area (Å²) in [6.07, 6.45) is -4.53. The molecule has 1 aromatic carbocycles. The Balaban J connectivity index is 2.06. The van der Waals surface area contributed by atoms with Crippen molar-refractivity contribution >= 4 is 5.69 Å². The second-order valence-corrected chi connectivity index (χ2v) is 4.07. The van der Waals surface area contributed by atoms with Gasteiger partial charge in [-0.1, -0.05) is 0 Å². The summed E-state index contributed by atoms with van der Waals surface area (Å²) in [5.41, 5.74) is -0.0932. The number of ether oxygens (including phenoxy) is 2. The van der Waals surface area contributed by atoms with Crippen LogP contribution in [0.2, 0.25) is 0 Å². The Bertz CT molecular complexity index is 449. The van der Waals surface area contributed by atoms with Crippen molar-refractivity contribution < 1.29 is 29.7 Å². The minimum absolute atomic E-state index is 0.0932. The lowest BCUT2D eigenvalue weighted by molar-refractivity contribution is -0.384. The third-order valence-corrected chi connectivity index (χ3v) is 2.81. The molecule has 1 fully saturated rings. The first-order valence-electron chi connectivity index (χ1n) is 5.56. The minimum Gasteiger partial charge on any atom is -0.482 e. The van der Waals surface area contributed by atoms with Crippen molar-refractivity contribution in [3.05, 3.63) is 34.4 Å². The molecule has 4 atom stereocenters. The SMILES string of the molecule is O=[N+]([O-])c1ccc(O[C@H]2C(O)O[C@@H](CO)[C@@H]2O)cc1. The molecule has 8 heteroatoms. The van der Waals surface area contributed by atoms with Crippen LogP contribution in [-0.4, -0.2) is 51.5 Å². The molecule has 1 aromatic rings. The van der Waals surface area contributed by atoms with E-state index in [0.717, 1.165) is 0 Å². The van der Waals surface area contributed by atoms with Gasteiger partial charge in [0.05, 0.1) is 11.5 Å². The molecule has 1 aliphatic heterocycles. The Morgan fingerprint density at radius 2 is 1.95 bits per heavy atom. The largest absolute Gasteiger partial charge is 0.482 e. The number of nitro groups is 1. The van der Waals surface area contributed by atoms with Crippen LogP contribution in [0, 0.1) is 10.1 Å². The molecular formula is C11H13NO7. The quantitative estimate of drug-likeness (QED) is 0.494. The van der Waals surface area contributed by atoms with Crippen LogP contribution in [0.3, 0.4) is 0 Å². The van der Waals surface area contributed by atoms with Gasteiger partial charge in [0, 0.05) is 12.1 Å². The normalized spacial score (nSPS) is 30.3. The zero-order valence-electron chi connectivity index (χ0n) is 9.75. The van der Waals surface area contributed by atoms with Crippen molar-refractivity contribution in [3.63, 3.8) is 0 Å². The Kier molecular flexibility index (Phi) is 3.96. The molecule has 1 unspecified atom stereocenters. The third kappa shape index (κ3) is 2.82. The topological polar surface area (TPSA) is 122 Å². The van der Waals surface area contributed by atoms with E-state index >= 15 is 0 Å². The maximum absolute atomic E-state index is 10.5. The number of nitrogens with zero attached hydrogens (tertiary/aromatic N) is 1. The van der Waals surface area contributed by atoms with E-state index in [1.807, 2.05) is 0 Å². The van der Waals surface area contributed by atoms with Gasteiger partial charge < -0.3 is 24.8 Å². The van der Waals surface area contributed by atoms with Crippen LogP contribution in [0.4, 0.5) is 5.69 Å². The van der Waals surface area contributed by atoms with Crippen molar-refractivity contribution in [2.45, 2.75) is 24.6 Å². The number of hydrogen-bond donors (Lipinski definition) is 3. The van der Waals surface area contributed by atoms with E-state index in [1.165, 1.54) is 24.3 Å². The van der Waals surface area contributed by atoms with Gasteiger partial charge in [-0.2, -0.15) is 0 Å². The first-order valence-corrected chi connectivity index (χ1v) is 5.56. The van der Waals surface area contributed by atoms with Crippen LogP contribution in [0.5, 0.6) is 5.75 Å². The maximum Gasteiger partial charge on any atom is 0.269 e. The maximum atomic E-state index is 10.5. The second kappa shape index (κ2) is 5.49. The summed E-state index contributed by atoms with van der Waals surface area (Å²) >= 11 is 0. The predicted octanol–water partition coefficient (Wildman–Crippen LogP) is -0.587. The molecule has 1 heterocycles. The average molecular weight is 271 g/mol. The lowest BCUT2D eigenvalue weighted by Gasteiger charge is -2.18. The summed E-state index contributed by atoms with van der Waals surface area (Å²) in [6, 6.07) is 5.19. The van der Waals surface area contributed by atoms with Crippen LogP contribution in [-0.2, 0) is 4.74 Å². The predicted molar refractivity (Wildman–Crippen MR) is 61.5 cm³/mol. The number of hydrogen-bond acceptors (Lipinski definition) is 7. The van der Waals surface area contributed by atoms with Gasteiger partial charge in [-0.05, 0) is 12.1 Å². The summed E-state index contributed by atoms with van der Waals surface area (Å²) < 4.78 is 10.2. The van der Waals surface area contributed by atoms with Gasteiger partial charge in [-0.25, -0.2) is 0 Å². The summed E-state index contributed by atoms with van der Waals surface area (Å²) in [5.74, 6) is 0.246. The molecule has 1 saturated heterocycles. The fraction of sp³-hybridized carbons (Fsp3) is 0.455. The number of nitro benzene ring substituents is 1. The van der Waals surface area contributed by atoms with Crippen LogP contribution in [0.15, 0.2) is 24.3 Å². The van der Waals surface area contributed by atoms with Crippen molar-refractivity contribution in [1.82, 2.24) is 0 Å². The number of aliphatic hydroxyl groups excluding tert-OH is 3. The summed E-state index contributed by atoms with van der Waals surface area (Å²) in [6.45, 7) is -0.446. The average Bonchev–Trinajstić information content (AvgIpc) is 2.67. The zero-order chi connectivity index (χ0) is 14.0. The number of aliphatic hydroxyl groups is 3. The highest BCUT2D eigenvalue weighted by atomic mass is 16.7. The molecule has 104 valence electrons. The second-order valence-electron chi connectivity index (χ2n) is 4.07. The van der Waals surface area contributed by atoms with Crippen LogP contribution in [0.1, 0.15) is 0 Å². The Morgan fingerprint density at radius 3 is 2.42 bits per heavy atom. The van der Waals surface area contributed by atoms with E-state index in [2.05, 4.69) is 0 Å². The van der Waals surface area contributed by atoms with Gasteiger partial charge in [0.15, 0.2) is 12.4 Å². The molecule has 0 aromatic heterocycles. The molecule has 2 rings (SSSR count). The molecule has 19 heavy (non-hydrogen) atoms. The fourth-order valence-electron chi connectivity index (χ4n) is 1.80. The number of benzene rings is 1. The van der Waals surface area contributed by atoms with Gasteiger partial charge in [-0.3, -0.25) is 10.1 Å². The number of rotatable bonds is 4. The molecule has 0 radical (unpaired) electrons. The molecule has 0 aliphatic carbocycles. The van der Waals surface area contributed by atoms with E-state index in [4.69, 9.17) is 14.6 Å². The van der Waals surface area contributed by atoms with Crippen LogP contribution in [0.25, 0.3) is 0 Å². The van der Waals surface area contributed by atoms with E-state index in [0.29, 0.717) is 0 Å². The van der Waals surface area contributed by atoms with E-state index in [-0.39, 0.29) is 11.4 Å². The molecule has 0 amide bonds. The van der Waals surface area contributed by atoms with Gasteiger partial charge in [0.2, 0.25) is 0 Å². The summed E-state index contributed by atoms with van der Waals surface area (Å²) in [5, 5.41) is 38.7. The summed E-state index contributed by atoms with van der Waals surface area (Å²) in [7, 11) is 0. The molecule has 0 bridgehead atoms. The molecule has 3 N–H and O–H groups in total. The van der Waals surface area contributed by atoms with E-state index in [9.17, 15) is 20.3 Å². The van der Waals surface area contributed by atoms with Gasteiger partial charge in [0.1, 0.15) is 18.0 Å². The Hall–Kier alpha value is -1.74. The standard InChI is InChI=1S/C11H13NO7/c13-5-8-9(14)10(11(15)19-8)18-7-3-1-6(2-4-7)12(16)17/h1-4,8-11,13-15H,5H2/t8-,9-,10+,11?/m0/s1.